The molecule has 13 heteroatoms. The van der Waals surface area contributed by atoms with Crippen LogP contribution < -0.4 is 21.3 Å². The molecule has 0 aliphatic carbocycles. The molecular weight excluding hydrogens is 544 g/mol. The van der Waals surface area contributed by atoms with Gasteiger partial charge in [-0.3, -0.25) is 14.2 Å². The highest BCUT2D eigenvalue weighted by Gasteiger charge is 2.19. The van der Waals surface area contributed by atoms with E-state index in [9.17, 15) is 9.59 Å². The first-order valence-electron chi connectivity index (χ1n) is 13.3. The highest BCUT2D eigenvalue weighted by atomic mass is 35.5. The van der Waals surface area contributed by atoms with Crippen LogP contribution in [-0.4, -0.2) is 77.9 Å². The van der Waals surface area contributed by atoms with Gasteiger partial charge in [0.1, 0.15) is 10.9 Å². The first-order valence-corrected chi connectivity index (χ1v) is 13.8. The highest BCUT2D eigenvalue weighted by molar-refractivity contribution is 6.17. The zero-order chi connectivity index (χ0) is 28.5. The number of alkyl halides is 1. The van der Waals surface area contributed by atoms with E-state index in [1.165, 1.54) is 27.3 Å². The van der Waals surface area contributed by atoms with Gasteiger partial charge in [0, 0.05) is 56.2 Å². The lowest BCUT2D eigenvalue weighted by Crippen LogP contribution is -2.44. The van der Waals surface area contributed by atoms with E-state index in [1.54, 1.807) is 22.9 Å². The van der Waals surface area contributed by atoms with Gasteiger partial charge in [0.15, 0.2) is 17.1 Å². The van der Waals surface area contributed by atoms with E-state index in [4.69, 9.17) is 21.6 Å². The van der Waals surface area contributed by atoms with E-state index in [1.807, 2.05) is 12.1 Å². The summed E-state index contributed by atoms with van der Waals surface area (Å²) in [5.74, 6) is 0.955. The predicted molar refractivity (Wildman–Crippen MR) is 161 cm³/mol. The fraction of sp³-hybridized carbons (Fsp3) is 0.286. The van der Waals surface area contributed by atoms with Crippen molar-refractivity contribution < 1.29 is 0 Å². The van der Waals surface area contributed by atoms with Gasteiger partial charge in [-0.15, -0.1) is 18.2 Å². The summed E-state index contributed by atoms with van der Waals surface area (Å²) in [5.41, 5.74) is 2.66. The second-order valence-electron chi connectivity index (χ2n) is 9.83. The second kappa shape index (κ2) is 11.1. The average Bonchev–Trinajstić information content (AvgIpc) is 3.26. The van der Waals surface area contributed by atoms with E-state index < -0.39 is 0 Å². The number of aryl methyl sites for hydroxylation is 1. The van der Waals surface area contributed by atoms with Gasteiger partial charge >= 0.3 is 0 Å². The molecule has 1 fully saturated rings. The first-order chi connectivity index (χ1) is 20.0. The molecule has 0 bridgehead atoms. The molecule has 1 aliphatic heterocycles. The number of fused-ring (bicyclic) bond motifs is 2. The number of piperazine rings is 1. The minimum atomic E-state index is -0.309. The number of rotatable bonds is 8. The van der Waals surface area contributed by atoms with E-state index in [0.717, 1.165) is 31.9 Å². The molecule has 1 saturated heterocycles. The third-order valence-electron chi connectivity index (χ3n) is 7.17. The van der Waals surface area contributed by atoms with Crippen LogP contribution in [0.25, 0.3) is 28.0 Å². The van der Waals surface area contributed by atoms with Gasteiger partial charge in [0.05, 0.1) is 12.7 Å². The van der Waals surface area contributed by atoms with Crippen molar-refractivity contribution in [1.82, 2.24) is 38.8 Å². The molecule has 4 aromatic heterocycles. The number of allylic oxidation sites excluding steroid dienone is 1. The molecule has 1 aromatic carbocycles. The van der Waals surface area contributed by atoms with Crippen molar-refractivity contribution in [1.29, 1.82) is 0 Å². The van der Waals surface area contributed by atoms with Crippen LogP contribution in [-0.2, 0) is 13.1 Å². The molecule has 12 nitrogen and oxygen atoms in total. The molecule has 41 heavy (non-hydrogen) atoms. The summed E-state index contributed by atoms with van der Waals surface area (Å²) in [6, 6.07) is 11.6. The van der Waals surface area contributed by atoms with Crippen LogP contribution in [0.2, 0.25) is 0 Å². The third-order valence-corrected chi connectivity index (χ3v) is 7.34. The van der Waals surface area contributed by atoms with E-state index in [-0.39, 0.29) is 30.1 Å². The number of anilines is 3. The van der Waals surface area contributed by atoms with Crippen LogP contribution in [0.3, 0.4) is 0 Å². The Morgan fingerprint density at radius 1 is 0.976 bits per heavy atom. The van der Waals surface area contributed by atoms with Crippen molar-refractivity contribution in [2.45, 2.75) is 13.1 Å². The van der Waals surface area contributed by atoms with Gasteiger partial charge in [0.2, 0.25) is 5.95 Å². The molecule has 6 rings (SSSR count). The zero-order valence-electron chi connectivity index (χ0n) is 22.6. The van der Waals surface area contributed by atoms with Crippen molar-refractivity contribution >= 4 is 51.1 Å². The van der Waals surface area contributed by atoms with Crippen molar-refractivity contribution in [2.75, 3.05) is 49.3 Å². The lowest BCUT2D eigenvalue weighted by atomic mass is 10.2. The third kappa shape index (κ3) is 5.07. The lowest BCUT2D eigenvalue weighted by molar-refractivity contribution is 0.313. The number of hydrogen-bond donors (Lipinski definition) is 1. The molecule has 1 N–H and O–H groups in total. The van der Waals surface area contributed by atoms with Gasteiger partial charge in [0.25, 0.3) is 11.1 Å². The van der Waals surface area contributed by atoms with E-state index in [2.05, 4.69) is 50.8 Å². The summed E-state index contributed by atoms with van der Waals surface area (Å²) in [7, 11) is 2.14. The standard InChI is InChI=1S/C28H29ClN10O2/c1-3-11-38-27(41)21-17-31-28(32-19-4-6-20(7-5-19)36-15-13-35(2)14-16-36)34-25(21)39(38)23-9-8-22-26(33-23)37(12-10-29)24(40)18-30-22/h3-9,17-18H,1,10-16H2,2H3,(H,31,32,34). The average molecular weight is 573 g/mol. The maximum absolute atomic E-state index is 13.4. The molecule has 0 radical (unpaired) electrons. The summed E-state index contributed by atoms with van der Waals surface area (Å²) in [5, 5.41) is 3.58. The Bertz CT molecular complexity index is 1850. The molecule has 210 valence electrons. The molecule has 0 unspecified atom stereocenters. The van der Waals surface area contributed by atoms with Crippen molar-refractivity contribution in [3.05, 3.63) is 82.2 Å². The van der Waals surface area contributed by atoms with Gasteiger partial charge in [-0.25, -0.2) is 24.3 Å². The van der Waals surface area contributed by atoms with Crippen LogP contribution in [0.4, 0.5) is 17.3 Å². The SMILES string of the molecule is C=CCn1c(=O)c2cnc(Nc3ccc(N4CCN(C)CC4)cc3)nc2n1-c1ccc2ncc(=O)n(CCCl)c2n1. The summed E-state index contributed by atoms with van der Waals surface area (Å²) in [4.78, 5) is 48.6. The van der Waals surface area contributed by atoms with Crippen molar-refractivity contribution in [3.8, 4) is 5.82 Å². The quantitative estimate of drug-likeness (QED) is 0.221. The van der Waals surface area contributed by atoms with Crippen LogP contribution >= 0.6 is 11.6 Å². The van der Waals surface area contributed by atoms with Crippen LogP contribution in [0.1, 0.15) is 0 Å². The molecule has 0 saturated carbocycles. The van der Waals surface area contributed by atoms with E-state index >= 15 is 0 Å². The number of hydrogen-bond acceptors (Lipinski definition) is 9. The summed E-state index contributed by atoms with van der Waals surface area (Å²) < 4.78 is 4.56. The Morgan fingerprint density at radius 3 is 2.49 bits per heavy atom. The minimum absolute atomic E-state index is 0.215. The van der Waals surface area contributed by atoms with Crippen LogP contribution in [0.5, 0.6) is 0 Å². The molecule has 0 amide bonds. The molecular formula is C28H29ClN10O2. The number of likely N-dealkylation sites (N-methyl/N-ethyl adjacent to an activating group) is 1. The van der Waals surface area contributed by atoms with Gasteiger partial charge in [-0.1, -0.05) is 6.08 Å². The Balaban J connectivity index is 1.40. The molecule has 0 spiro atoms. The Morgan fingerprint density at radius 2 is 1.76 bits per heavy atom. The summed E-state index contributed by atoms with van der Waals surface area (Å²) in [6.45, 7) is 8.34. The van der Waals surface area contributed by atoms with E-state index in [0.29, 0.717) is 34.0 Å². The Hall–Kier alpha value is -4.55. The Labute approximate surface area is 240 Å². The van der Waals surface area contributed by atoms with Crippen LogP contribution in [0, 0.1) is 0 Å². The molecule has 5 aromatic rings. The second-order valence-corrected chi connectivity index (χ2v) is 10.2. The summed E-state index contributed by atoms with van der Waals surface area (Å²) in [6.07, 6.45) is 4.38. The summed E-state index contributed by atoms with van der Waals surface area (Å²) >= 11 is 5.95. The van der Waals surface area contributed by atoms with Crippen molar-refractivity contribution in [2.24, 2.45) is 0 Å². The van der Waals surface area contributed by atoms with Gasteiger partial charge in [-0.05, 0) is 43.4 Å². The number of nitrogens with one attached hydrogen (secondary N) is 1. The number of aromatic nitrogens is 7. The largest absolute Gasteiger partial charge is 0.369 e. The topological polar surface area (TPSA) is 119 Å². The minimum Gasteiger partial charge on any atom is -0.369 e. The van der Waals surface area contributed by atoms with Crippen LogP contribution in [0.15, 0.2) is 71.0 Å². The molecule has 1 aliphatic rings. The number of nitrogens with zero attached hydrogens (tertiary/aromatic N) is 9. The van der Waals surface area contributed by atoms with Gasteiger partial charge < -0.3 is 15.1 Å². The predicted octanol–water partition coefficient (Wildman–Crippen LogP) is 2.61. The fourth-order valence-electron chi connectivity index (χ4n) is 5.01. The maximum atomic E-state index is 13.4. The smallest absolute Gasteiger partial charge is 0.278 e. The zero-order valence-corrected chi connectivity index (χ0v) is 23.3. The van der Waals surface area contributed by atoms with Gasteiger partial charge in [-0.2, -0.15) is 4.98 Å². The highest BCUT2D eigenvalue weighted by Crippen LogP contribution is 2.23. The Kier molecular flexibility index (Phi) is 7.25. The lowest BCUT2D eigenvalue weighted by Gasteiger charge is -2.34. The fourth-order valence-corrected chi connectivity index (χ4v) is 5.17. The van der Waals surface area contributed by atoms with Crippen molar-refractivity contribution in [3.63, 3.8) is 0 Å². The number of benzene rings is 1. The molecule has 5 heterocycles. The first kappa shape index (κ1) is 26.7. The number of halogens is 1. The molecule has 0 atom stereocenters. The number of pyridine rings is 1. The normalized spacial score (nSPS) is 14.1. The monoisotopic (exact) mass is 572 g/mol. The maximum Gasteiger partial charge on any atom is 0.278 e.